The van der Waals surface area contributed by atoms with Gasteiger partial charge in [-0.25, -0.2) is 0 Å². The fraction of sp³-hybridized carbons (Fsp3) is 0.0714. The lowest BCUT2D eigenvalue weighted by atomic mass is 10.2. The van der Waals surface area contributed by atoms with Gasteiger partial charge in [-0.15, -0.1) is 0 Å². The van der Waals surface area contributed by atoms with E-state index in [1.54, 1.807) is 36.4 Å². The summed E-state index contributed by atoms with van der Waals surface area (Å²) in [6.07, 6.45) is 0. The predicted octanol–water partition coefficient (Wildman–Crippen LogP) is 4.91. The highest BCUT2D eigenvalue weighted by molar-refractivity contribution is 6.40. The fourth-order valence-electron chi connectivity index (χ4n) is 1.68. The summed E-state index contributed by atoms with van der Waals surface area (Å²) in [6, 6.07) is 9.77. The lowest BCUT2D eigenvalue weighted by Crippen LogP contribution is -2.13. The summed E-state index contributed by atoms with van der Waals surface area (Å²) in [5.41, 5.74) is 0.652. The number of nitrogens with one attached hydrogen (secondary N) is 1. The number of halogens is 3. The minimum Gasteiger partial charge on any atom is -0.495 e. The number of benzene rings is 2. The Bertz CT molecular complexity index is 639. The Hall–Kier alpha value is -1.42. The maximum atomic E-state index is 12.3. The molecule has 2 aromatic carbocycles. The van der Waals surface area contributed by atoms with Gasteiger partial charge >= 0.3 is 0 Å². The van der Waals surface area contributed by atoms with E-state index in [9.17, 15) is 4.79 Å². The molecular formula is C14H10Cl3NO2. The van der Waals surface area contributed by atoms with Crippen LogP contribution in [0.15, 0.2) is 36.4 Å². The molecule has 0 aliphatic carbocycles. The highest BCUT2D eigenvalue weighted by atomic mass is 35.5. The molecule has 6 heteroatoms. The number of hydrogen-bond donors (Lipinski definition) is 1. The number of ether oxygens (including phenoxy) is 1. The smallest absolute Gasteiger partial charge is 0.258 e. The summed E-state index contributed by atoms with van der Waals surface area (Å²) < 4.78 is 5.16. The predicted molar refractivity (Wildman–Crippen MR) is 82.4 cm³/mol. The second-order valence-electron chi connectivity index (χ2n) is 3.90. The quantitative estimate of drug-likeness (QED) is 0.868. The maximum Gasteiger partial charge on any atom is 0.258 e. The van der Waals surface area contributed by atoms with E-state index >= 15 is 0 Å². The zero-order valence-electron chi connectivity index (χ0n) is 10.4. The van der Waals surface area contributed by atoms with Crippen LogP contribution in [0.5, 0.6) is 5.75 Å². The first-order chi connectivity index (χ1) is 9.52. The number of rotatable bonds is 3. The van der Waals surface area contributed by atoms with Gasteiger partial charge in [0.05, 0.1) is 28.4 Å². The topological polar surface area (TPSA) is 38.3 Å². The molecule has 104 valence electrons. The van der Waals surface area contributed by atoms with Crippen LogP contribution >= 0.6 is 34.8 Å². The van der Waals surface area contributed by atoms with E-state index in [1.165, 1.54) is 7.11 Å². The molecule has 20 heavy (non-hydrogen) atoms. The van der Waals surface area contributed by atoms with E-state index < -0.39 is 5.91 Å². The van der Waals surface area contributed by atoms with Gasteiger partial charge in [0.25, 0.3) is 5.91 Å². The van der Waals surface area contributed by atoms with Crippen molar-refractivity contribution >= 4 is 46.4 Å². The Balaban J connectivity index is 2.35. The van der Waals surface area contributed by atoms with Crippen LogP contribution in [-0.2, 0) is 0 Å². The Morgan fingerprint density at radius 2 is 1.75 bits per heavy atom. The SMILES string of the molecule is COc1ccc(Cl)cc1NC(=O)c1c(Cl)cccc1Cl. The summed E-state index contributed by atoms with van der Waals surface area (Å²) in [6.45, 7) is 0. The molecular weight excluding hydrogens is 321 g/mol. The van der Waals surface area contributed by atoms with Crippen LogP contribution in [0.4, 0.5) is 5.69 Å². The van der Waals surface area contributed by atoms with Crippen molar-refractivity contribution in [2.24, 2.45) is 0 Å². The van der Waals surface area contributed by atoms with Crippen molar-refractivity contribution in [3.05, 3.63) is 57.0 Å². The van der Waals surface area contributed by atoms with Gasteiger partial charge in [0.1, 0.15) is 5.75 Å². The number of methoxy groups -OCH3 is 1. The minimum atomic E-state index is -0.429. The number of anilines is 1. The second-order valence-corrected chi connectivity index (χ2v) is 5.15. The van der Waals surface area contributed by atoms with Crippen LogP contribution in [0.1, 0.15) is 10.4 Å². The highest BCUT2D eigenvalue weighted by Gasteiger charge is 2.16. The van der Waals surface area contributed by atoms with Crippen LogP contribution in [0.25, 0.3) is 0 Å². The lowest BCUT2D eigenvalue weighted by molar-refractivity contribution is 0.102. The van der Waals surface area contributed by atoms with Gasteiger partial charge in [-0.2, -0.15) is 0 Å². The van der Waals surface area contributed by atoms with Crippen molar-refractivity contribution in [2.75, 3.05) is 12.4 Å². The standard InChI is InChI=1S/C14H10Cl3NO2/c1-20-12-6-5-8(15)7-11(12)18-14(19)13-9(16)3-2-4-10(13)17/h2-7H,1H3,(H,18,19). The highest BCUT2D eigenvalue weighted by Crippen LogP contribution is 2.30. The molecule has 0 atom stereocenters. The van der Waals surface area contributed by atoms with Crippen LogP contribution in [-0.4, -0.2) is 13.0 Å². The van der Waals surface area contributed by atoms with Crippen LogP contribution in [0.2, 0.25) is 15.1 Å². The zero-order chi connectivity index (χ0) is 14.7. The number of carbonyl (C=O) groups is 1. The average Bonchev–Trinajstić information content (AvgIpc) is 2.38. The second kappa shape index (κ2) is 6.35. The molecule has 3 nitrogen and oxygen atoms in total. The van der Waals surface area contributed by atoms with E-state index in [-0.39, 0.29) is 15.6 Å². The van der Waals surface area contributed by atoms with Crippen molar-refractivity contribution in [3.63, 3.8) is 0 Å². The Labute approximate surface area is 131 Å². The number of carbonyl (C=O) groups excluding carboxylic acids is 1. The maximum absolute atomic E-state index is 12.3. The summed E-state index contributed by atoms with van der Waals surface area (Å²) in [5.74, 6) is 0.0621. The normalized spacial score (nSPS) is 10.2. The third kappa shape index (κ3) is 3.18. The molecule has 2 aromatic rings. The van der Waals surface area contributed by atoms with E-state index in [2.05, 4.69) is 5.32 Å². The van der Waals surface area contributed by atoms with Crippen molar-refractivity contribution in [2.45, 2.75) is 0 Å². The molecule has 0 spiro atoms. The molecule has 0 heterocycles. The lowest BCUT2D eigenvalue weighted by Gasteiger charge is -2.12. The number of amides is 1. The van der Waals surface area contributed by atoms with Gasteiger partial charge < -0.3 is 10.1 Å². The monoisotopic (exact) mass is 329 g/mol. The van der Waals surface area contributed by atoms with E-state index in [0.29, 0.717) is 16.5 Å². The molecule has 0 aliphatic heterocycles. The van der Waals surface area contributed by atoms with Crippen LogP contribution < -0.4 is 10.1 Å². The Morgan fingerprint density at radius 3 is 2.35 bits per heavy atom. The van der Waals surface area contributed by atoms with Gasteiger partial charge in [0, 0.05) is 5.02 Å². The minimum absolute atomic E-state index is 0.206. The molecule has 0 radical (unpaired) electrons. The van der Waals surface area contributed by atoms with E-state index in [4.69, 9.17) is 39.5 Å². The first-order valence-electron chi connectivity index (χ1n) is 5.62. The van der Waals surface area contributed by atoms with Crippen molar-refractivity contribution < 1.29 is 9.53 Å². The summed E-state index contributed by atoms with van der Waals surface area (Å²) in [4.78, 5) is 12.3. The molecule has 0 saturated carbocycles. The zero-order valence-corrected chi connectivity index (χ0v) is 12.7. The fourth-order valence-corrected chi connectivity index (χ4v) is 2.42. The molecule has 0 aromatic heterocycles. The third-order valence-electron chi connectivity index (χ3n) is 2.60. The molecule has 0 saturated heterocycles. The molecule has 0 fully saturated rings. The van der Waals surface area contributed by atoms with Crippen molar-refractivity contribution in [3.8, 4) is 5.75 Å². The third-order valence-corrected chi connectivity index (χ3v) is 3.46. The van der Waals surface area contributed by atoms with Crippen LogP contribution in [0, 0.1) is 0 Å². The van der Waals surface area contributed by atoms with Gasteiger partial charge in [-0.05, 0) is 30.3 Å². The largest absolute Gasteiger partial charge is 0.495 e. The molecule has 0 bridgehead atoms. The Kier molecular flexibility index (Phi) is 4.76. The van der Waals surface area contributed by atoms with Crippen LogP contribution in [0.3, 0.4) is 0 Å². The molecule has 1 N–H and O–H groups in total. The number of hydrogen-bond acceptors (Lipinski definition) is 2. The summed E-state index contributed by atoms with van der Waals surface area (Å²) >= 11 is 17.9. The average molecular weight is 331 g/mol. The molecule has 0 unspecified atom stereocenters. The first kappa shape index (κ1) is 15.0. The molecule has 2 rings (SSSR count). The van der Waals surface area contributed by atoms with Gasteiger partial charge in [0.2, 0.25) is 0 Å². The Morgan fingerprint density at radius 1 is 1.10 bits per heavy atom. The van der Waals surface area contributed by atoms with E-state index in [0.717, 1.165) is 0 Å². The molecule has 1 amide bonds. The van der Waals surface area contributed by atoms with Crippen molar-refractivity contribution in [1.29, 1.82) is 0 Å². The van der Waals surface area contributed by atoms with E-state index in [1.807, 2.05) is 0 Å². The first-order valence-corrected chi connectivity index (χ1v) is 6.75. The molecule has 0 aliphatic rings. The van der Waals surface area contributed by atoms with Gasteiger partial charge in [-0.3, -0.25) is 4.79 Å². The summed E-state index contributed by atoms with van der Waals surface area (Å²) in [5, 5.41) is 3.71. The van der Waals surface area contributed by atoms with Gasteiger partial charge in [0.15, 0.2) is 0 Å². The van der Waals surface area contributed by atoms with Crippen molar-refractivity contribution in [1.82, 2.24) is 0 Å². The van der Waals surface area contributed by atoms with Gasteiger partial charge in [-0.1, -0.05) is 40.9 Å². The summed E-state index contributed by atoms with van der Waals surface area (Å²) in [7, 11) is 1.50.